The van der Waals surface area contributed by atoms with E-state index in [0.717, 1.165) is 16.1 Å². The molecule has 0 atom stereocenters. The average Bonchev–Trinajstić information content (AvgIpc) is 2.50. The van der Waals surface area contributed by atoms with Gasteiger partial charge in [-0.2, -0.15) is 0 Å². The Morgan fingerprint density at radius 1 is 1.36 bits per heavy atom. The van der Waals surface area contributed by atoms with Crippen LogP contribution in [-0.4, -0.2) is 0 Å². The van der Waals surface area contributed by atoms with Crippen molar-refractivity contribution in [1.82, 2.24) is 0 Å². The largest absolute Gasteiger partial charge is 0.404 e. The zero-order chi connectivity index (χ0) is 7.68. The van der Waals surface area contributed by atoms with E-state index >= 15 is 0 Å². The highest BCUT2D eigenvalue weighted by molar-refractivity contribution is 5.52. The number of hydrogen-bond donors (Lipinski definition) is 1. The highest BCUT2D eigenvalue weighted by atomic mass is 14.7. The molecule has 54 valence electrons. The third-order valence-electron chi connectivity index (χ3n) is 1.71. The van der Waals surface area contributed by atoms with E-state index in [1.54, 1.807) is 12.4 Å². The van der Waals surface area contributed by atoms with Gasteiger partial charge in [0.05, 0.1) is 5.36 Å². The van der Waals surface area contributed by atoms with E-state index in [-0.39, 0.29) is 0 Å². The predicted octanol–water partition coefficient (Wildman–Crippen LogP) is -0.0128. The van der Waals surface area contributed by atoms with Crippen molar-refractivity contribution in [2.75, 3.05) is 0 Å². The molecule has 0 saturated carbocycles. The molecule has 0 unspecified atom stereocenters. The van der Waals surface area contributed by atoms with Gasteiger partial charge in [-0.25, -0.2) is 0 Å². The lowest BCUT2D eigenvalue weighted by Crippen LogP contribution is -2.11. The summed E-state index contributed by atoms with van der Waals surface area (Å²) >= 11 is 0. The summed E-state index contributed by atoms with van der Waals surface area (Å²) in [6, 6.07) is 5.94. The van der Waals surface area contributed by atoms with E-state index in [2.05, 4.69) is 4.99 Å². The molecule has 1 aliphatic rings. The molecule has 0 amide bonds. The number of rotatable bonds is 0. The Balaban J connectivity index is 2.79. The Labute approximate surface area is 64.4 Å². The molecule has 2 heteroatoms. The van der Waals surface area contributed by atoms with Crippen molar-refractivity contribution in [3.63, 3.8) is 0 Å². The van der Waals surface area contributed by atoms with Crippen LogP contribution in [0.2, 0.25) is 0 Å². The highest BCUT2D eigenvalue weighted by Gasteiger charge is 1.94. The maximum Gasteiger partial charge on any atom is 0.0702 e. The van der Waals surface area contributed by atoms with E-state index in [1.807, 2.05) is 24.3 Å². The van der Waals surface area contributed by atoms with Crippen molar-refractivity contribution in [2.24, 2.45) is 10.7 Å². The molecule has 0 saturated heterocycles. The second-order valence-corrected chi connectivity index (χ2v) is 2.43. The summed E-state index contributed by atoms with van der Waals surface area (Å²) in [6.45, 7) is 0. The fourth-order valence-electron chi connectivity index (χ4n) is 1.13. The van der Waals surface area contributed by atoms with Crippen LogP contribution in [0.5, 0.6) is 0 Å². The van der Waals surface area contributed by atoms with E-state index in [9.17, 15) is 0 Å². The first kappa shape index (κ1) is 6.16. The number of hydrogen-bond acceptors (Lipinski definition) is 2. The topological polar surface area (TPSA) is 38.4 Å². The van der Waals surface area contributed by atoms with Gasteiger partial charge < -0.3 is 5.73 Å². The molecule has 1 aliphatic heterocycles. The van der Waals surface area contributed by atoms with Gasteiger partial charge in [-0.05, 0) is 23.4 Å². The summed E-state index contributed by atoms with van der Waals surface area (Å²) in [5.74, 6) is 0. The molecule has 11 heavy (non-hydrogen) atoms. The third-order valence-corrected chi connectivity index (χ3v) is 1.71. The SMILES string of the molecule is NC=c1ccc2c(c1)C=CN=2. The van der Waals surface area contributed by atoms with Crippen molar-refractivity contribution >= 4 is 12.3 Å². The van der Waals surface area contributed by atoms with Crippen molar-refractivity contribution in [3.05, 3.63) is 40.5 Å². The minimum Gasteiger partial charge on any atom is -0.404 e. The minimum absolute atomic E-state index is 1.02. The van der Waals surface area contributed by atoms with E-state index < -0.39 is 0 Å². The van der Waals surface area contributed by atoms with E-state index in [1.165, 1.54) is 0 Å². The molecule has 2 N–H and O–H groups in total. The summed E-state index contributed by atoms with van der Waals surface area (Å²) in [6.07, 6.45) is 5.36. The van der Waals surface area contributed by atoms with Crippen LogP contribution in [0.1, 0.15) is 5.56 Å². The average molecular weight is 144 g/mol. The smallest absolute Gasteiger partial charge is 0.0702 e. The summed E-state index contributed by atoms with van der Waals surface area (Å²) < 4.78 is 0. The predicted molar refractivity (Wildman–Crippen MR) is 44.9 cm³/mol. The van der Waals surface area contributed by atoms with Gasteiger partial charge in [-0.3, -0.25) is 4.99 Å². The van der Waals surface area contributed by atoms with Gasteiger partial charge in [0.15, 0.2) is 0 Å². The quantitative estimate of drug-likeness (QED) is 0.546. The Morgan fingerprint density at radius 3 is 3.09 bits per heavy atom. The summed E-state index contributed by atoms with van der Waals surface area (Å²) in [5.41, 5.74) is 6.51. The molecule has 0 fully saturated rings. The maximum atomic E-state index is 5.36. The fourth-order valence-corrected chi connectivity index (χ4v) is 1.13. The first-order valence-electron chi connectivity index (χ1n) is 3.46. The summed E-state index contributed by atoms with van der Waals surface area (Å²) in [4.78, 5) is 4.14. The standard InChI is InChI=1S/C9H8N2/c10-6-7-1-2-9-8(5-7)3-4-11-9/h1-6H,10H2. The van der Waals surface area contributed by atoms with Crippen molar-refractivity contribution in [3.8, 4) is 0 Å². The maximum absolute atomic E-state index is 5.36. The Bertz CT molecular complexity index is 416. The van der Waals surface area contributed by atoms with Gasteiger partial charge in [0, 0.05) is 18.0 Å². The van der Waals surface area contributed by atoms with Crippen LogP contribution in [0.15, 0.2) is 29.4 Å². The number of nitrogens with zero attached hydrogens (tertiary/aromatic N) is 1. The molecule has 0 radical (unpaired) electrons. The normalized spacial score (nSPS) is 14.7. The third kappa shape index (κ3) is 0.923. The lowest BCUT2D eigenvalue weighted by Gasteiger charge is -1.88. The highest BCUT2D eigenvalue weighted by Crippen LogP contribution is 1.96. The van der Waals surface area contributed by atoms with Crippen molar-refractivity contribution in [2.45, 2.75) is 0 Å². The fraction of sp³-hybridized carbons (Fsp3) is 0. The van der Waals surface area contributed by atoms with Crippen LogP contribution in [0.25, 0.3) is 12.3 Å². The zero-order valence-corrected chi connectivity index (χ0v) is 5.99. The first-order chi connectivity index (χ1) is 5.40. The van der Waals surface area contributed by atoms with Crippen LogP contribution < -0.4 is 16.3 Å². The Hall–Kier alpha value is -1.57. The van der Waals surface area contributed by atoms with Gasteiger partial charge in [0.2, 0.25) is 0 Å². The molecule has 2 rings (SSSR count). The van der Waals surface area contributed by atoms with Crippen LogP contribution in [0, 0.1) is 0 Å². The molecule has 0 spiro atoms. The van der Waals surface area contributed by atoms with Crippen LogP contribution >= 0.6 is 0 Å². The molecule has 0 bridgehead atoms. The van der Waals surface area contributed by atoms with Crippen LogP contribution in [0.3, 0.4) is 0 Å². The Morgan fingerprint density at radius 2 is 2.27 bits per heavy atom. The lowest BCUT2D eigenvalue weighted by atomic mass is 10.2. The molecule has 2 nitrogen and oxygen atoms in total. The van der Waals surface area contributed by atoms with Gasteiger partial charge in [-0.1, -0.05) is 6.07 Å². The second-order valence-electron chi connectivity index (χ2n) is 2.43. The molecular weight excluding hydrogens is 136 g/mol. The molecule has 1 heterocycles. The molecule has 1 aromatic carbocycles. The second kappa shape index (κ2) is 2.23. The molecule has 0 aromatic heterocycles. The van der Waals surface area contributed by atoms with Crippen LogP contribution in [-0.2, 0) is 0 Å². The van der Waals surface area contributed by atoms with E-state index in [4.69, 9.17) is 5.73 Å². The zero-order valence-electron chi connectivity index (χ0n) is 5.99. The Kier molecular flexibility index (Phi) is 1.25. The van der Waals surface area contributed by atoms with Gasteiger partial charge in [-0.15, -0.1) is 0 Å². The minimum atomic E-state index is 1.02. The van der Waals surface area contributed by atoms with E-state index in [0.29, 0.717) is 0 Å². The van der Waals surface area contributed by atoms with Gasteiger partial charge in [0.25, 0.3) is 0 Å². The lowest BCUT2D eigenvalue weighted by molar-refractivity contribution is 1.37. The summed E-state index contributed by atoms with van der Waals surface area (Å²) in [7, 11) is 0. The summed E-state index contributed by atoms with van der Waals surface area (Å²) in [5, 5.41) is 2.06. The number of nitrogens with two attached hydrogens (primary N) is 1. The number of benzene rings is 1. The number of fused-ring (bicyclic) bond motifs is 1. The molecular formula is C9H8N2. The van der Waals surface area contributed by atoms with Gasteiger partial charge in [0.1, 0.15) is 0 Å². The van der Waals surface area contributed by atoms with Crippen molar-refractivity contribution in [1.29, 1.82) is 0 Å². The monoisotopic (exact) mass is 144 g/mol. The van der Waals surface area contributed by atoms with Gasteiger partial charge >= 0.3 is 0 Å². The molecule has 0 aliphatic carbocycles. The van der Waals surface area contributed by atoms with Crippen molar-refractivity contribution < 1.29 is 0 Å². The molecule has 1 aromatic rings. The van der Waals surface area contributed by atoms with Crippen LogP contribution in [0.4, 0.5) is 0 Å². The first-order valence-corrected chi connectivity index (χ1v) is 3.46.